The van der Waals surface area contributed by atoms with Crippen LogP contribution in [-0.4, -0.2) is 54.0 Å². The number of carbonyl (C=O) groups is 1. The molecule has 9 heteroatoms. The van der Waals surface area contributed by atoms with E-state index in [1.165, 1.54) is 0 Å². The summed E-state index contributed by atoms with van der Waals surface area (Å²) in [6.45, 7) is 0.845. The summed E-state index contributed by atoms with van der Waals surface area (Å²) in [5.41, 5.74) is 9.47. The standard InChI is InChI=1S/C24H24N4O5/c1-30-16-10-14(11-17(12-16)31-2)28-22(25)20(24(29)33-13-15-6-5-9-32-15)21-23(28)27-19-8-4-3-7-18(19)26-21/h3-4,7-8,10-12,15H,5-6,9,13,25H2,1-2H3/t15-/m1/s1. The van der Waals surface area contributed by atoms with Crippen molar-refractivity contribution in [2.75, 3.05) is 33.2 Å². The van der Waals surface area contributed by atoms with E-state index >= 15 is 0 Å². The Hall–Kier alpha value is -3.85. The van der Waals surface area contributed by atoms with Gasteiger partial charge in [-0.05, 0) is 25.0 Å². The molecular weight excluding hydrogens is 424 g/mol. The summed E-state index contributed by atoms with van der Waals surface area (Å²) in [6.07, 6.45) is 1.72. The number of anilines is 1. The predicted octanol–water partition coefficient (Wildman–Crippen LogP) is 3.51. The molecule has 0 bridgehead atoms. The van der Waals surface area contributed by atoms with Crippen LogP contribution in [0.5, 0.6) is 11.5 Å². The second-order valence-electron chi connectivity index (χ2n) is 7.78. The fourth-order valence-electron chi connectivity index (χ4n) is 4.06. The Labute approximate surface area is 190 Å². The van der Waals surface area contributed by atoms with Crippen LogP contribution in [0.3, 0.4) is 0 Å². The van der Waals surface area contributed by atoms with Crippen LogP contribution in [0.25, 0.3) is 27.9 Å². The van der Waals surface area contributed by atoms with Crippen molar-refractivity contribution < 1.29 is 23.7 Å². The summed E-state index contributed by atoms with van der Waals surface area (Å²) < 4.78 is 23.6. The van der Waals surface area contributed by atoms with Crippen molar-refractivity contribution in [1.29, 1.82) is 0 Å². The maximum atomic E-state index is 13.2. The largest absolute Gasteiger partial charge is 0.497 e. The molecule has 4 aromatic rings. The van der Waals surface area contributed by atoms with Crippen molar-refractivity contribution >= 4 is 34.0 Å². The Balaban J connectivity index is 1.69. The number of methoxy groups -OCH3 is 2. The first-order chi connectivity index (χ1) is 16.1. The van der Waals surface area contributed by atoms with Gasteiger partial charge in [-0.2, -0.15) is 0 Å². The van der Waals surface area contributed by atoms with Crippen LogP contribution < -0.4 is 15.2 Å². The van der Waals surface area contributed by atoms with Gasteiger partial charge in [-0.3, -0.25) is 4.57 Å². The number of para-hydroxylation sites is 2. The van der Waals surface area contributed by atoms with E-state index < -0.39 is 5.97 Å². The molecule has 1 fully saturated rings. The maximum Gasteiger partial charge on any atom is 0.344 e. The summed E-state index contributed by atoms with van der Waals surface area (Å²) in [4.78, 5) is 22.7. The molecule has 5 rings (SSSR count). The van der Waals surface area contributed by atoms with Gasteiger partial charge in [0.2, 0.25) is 0 Å². The van der Waals surface area contributed by atoms with Crippen LogP contribution >= 0.6 is 0 Å². The quantitative estimate of drug-likeness (QED) is 0.446. The molecule has 9 nitrogen and oxygen atoms in total. The number of nitrogens with zero attached hydrogens (tertiary/aromatic N) is 3. The van der Waals surface area contributed by atoms with Crippen LogP contribution in [0, 0.1) is 0 Å². The highest BCUT2D eigenvalue weighted by atomic mass is 16.6. The summed E-state index contributed by atoms with van der Waals surface area (Å²) in [5, 5.41) is 0. The number of fused-ring (bicyclic) bond motifs is 2. The Kier molecular flexibility index (Phi) is 5.47. The Morgan fingerprint density at radius 2 is 1.82 bits per heavy atom. The number of rotatable bonds is 6. The van der Waals surface area contributed by atoms with Gasteiger partial charge in [-0.1, -0.05) is 12.1 Å². The van der Waals surface area contributed by atoms with E-state index in [0.29, 0.717) is 46.0 Å². The highest BCUT2D eigenvalue weighted by Gasteiger charge is 2.27. The number of aromatic nitrogens is 3. The zero-order valence-corrected chi connectivity index (χ0v) is 18.4. The number of hydrogen-bond donors (Lipinski definition) is 1. The lowest BCUT2D eigenvalue weighted by atomic mass is 10.2. The predicted molar refractivity (Wildman–Crippen MR) is 123 cm³/mol. The van der Waals surface area contributed by atoms with E-state index in [-0.39, 0.29) is 24.1 Å². The topological polar surface area (TPSA) is 111 Å². The van der Waals surface area contributed by atoms with Crippen molar-refractivity contribution in [3.8, 4) is 17.2 Å². The zero-order chi connectivity index (χ0) is 22.9. The molecule has 1 saturated heterocycles. The smallest absolute Gasteiger partial charge is 0.344 e. The Bertz CT molecular complexity index is 1320. The average molecular weight is 448 g/mol. The van der Waals surface area contributed by atoms with E-state index in [9.17, 15) is 4.79 Å². The first-order valence-electron chi connectivity index (χ1n) is 10.7. The number of ether oxygens (including phenoxy) is 4. The fraction of sp³-hybridized carbons (Fsp3) is 0.292. The van der Waals surface area contributed by atoms with E-state index in [1.807, 2.05) is 24.3 Å². The third kappa shape index (κ3) is 3.80. The zero-order valence-electron chi connectivity index (χ0n) is 18.4. The third-order valence-corrected chi connectivity index (χ3v) is 5.72. The molecule has 2 N–H and O–H groups in total. The van der Waals surface area contributed by atoms with Gasteiger partial charge in [0.15, 0.2) is 5.65 Å². The molecule has 1 aliphatic heterocycles. The number of esters is 1. The molecule has 3 heterocycles. The van der Waals surface area contributed by atoms with Gasteiger partial charge in [-0.25, -0.2) is 14.8 Å². The number of carbonyl (C=O) groups excluding carboxylic acids is 1. The van der Waals surface area contributed by atoms with Gasteiger partial charge in [0.05, 0.1) is 37.0 Å². The van der Waals surface area contributed by atoms with Crippen molar-refractivity contribution in [3.63, 3.8) is 0 Å². The van der Waals surface area contributed by atoms with Crippen molar-refractivity contribution in [3.05, 3.63) is 48.0 Å². The maximum absolute atomic E-state index is 13.2. The first kappa shape index (κ1) is 21.0. The molecule has 2 aromatic carbocycles. The molecular formula is C24H24N4O5. The summed E-state index contributed by atoms with van der Waals surface area (Å²) in [7, 11) is 3.13. The molecule has 1 atom stereocenters. The van der Waals surface area contributed by atoms with Crippen LogP contribution in [0.1, 0.15) is 23.2 Å². The van der Waals surface area contributed by atoms with Gasteiger partial charge >= 0.3 is 5.97 Å². The molecule has 170 valence electrons. The van der Waals surface area contributed by atoms with E-state index in [1.54, 1.807) is 37.0 Å². The fourth-order valence-corrected chi connectivity index (χ4v) is 4.06. The lowest BCUT2D eigenvalue weighted by molar-refractivity contribution is 0.0163. The summed E-state index contributed by atoms with van der Waals surface area (Å²) >= 11 is 0. The minimum atomic E-state index is -0.564. The number of benzene rings is 2. The summed E-state index contributed by atoms with van der Waals surface area (Å²) in [6, 6.07) is 12.8. The number of nitrogens with two attached hydrogens (primary N) is 1. The summed E-state index contributed by atoms with van der Waals surface area (Å²) in [5.74, 6) is 0.753. The molecule has 33 heavy (non-hydrogen) atoms. The lowest BCUT2D eigenvalue weighted by Gasteiger charge is -2.12. The number of nitrogen functional groups attached to an aromatic ring is 1. The second-order valence-corrected chi connectivity index (χ2v) is 7.78. The first-order valence-corrected chi connectivity index (χ1v) is 10.7. The SMILES string of the molecule is COc1cc(OC)cc(-n2c(N)c(C(=O)OC[C@H]3CCCO3)c3nc4ccccc4nc32)c1. The Morgan fingerprint density at radius 3 is 2.45 bits per heavy atom. The molecule has 0 saturated carbocycles. The molecule has 0 radical (unpaired) electrons. The third-order valence-electron chi connectivity index (χ3n) is 5.72. The van der Waals surface area contributed by atoms with Gasteiger partial charge in [-0.15, -0.1) is 0 Å². The van der Waals surface area contributed by atoms with Crippen LogP contribution in [0.15, 0.2) is 42.5 Å². The Morgan fingerprint density at radius 1 is 1.12 bits per heavy atom. The van der Waals surface area contributed by atoms with Gasteiger partial charge in [0.25, 0.3) is 0 Å². The normalized spacial score (nSPS) is 15.8. The van der Waals surface area contributed by atoms with Gasteiger partial charge in [0.1, 0.15) is 35.0 Å². The van der Waals surface area contributed by atoms with Gasteiger partial charge in [0, 0.05) is 24.8 Å². The molecule has 0 spiro atoms. The highest BCUT2D eigenvalue weighted by Crippen LogP contribution is 2.34. The van der Waals surface area contributed by atoms with Crippen molar-refractivity contribution in [1.82, 2.24) is 14.5 Å². The van der Waals surface area contributed by atoms with Crippen molar-refractivity contribution in [2.24, 2.45) is 0 Å². The molecule has 0 unspecified atom stereocenters. The lowest BCUT2D eigenvalue weighted by Crippen LogP contribution is -2.18. The van der Waals surface area contributed by atoms with Crippen molar-refractivity contribution in [2.45, 2.75) is 18.9 Å². The molecule has 2 aromatic heterocycles. The second kappa shape index (κ2) is 8.59. The monoisotopic (exact) mass is 448 g/mol. The highest BCUT2D eigenvalue weighted by molar-refractivity contribution is 6.09. The van der Waals surface area contributed by atoms with E-state index in [4.69, 9.17) is 34.6 Å². The minimum absolute atomic E-state index is 0.0990. The van der Waals surface area contributed by atoms with Gasteiger partial charge < -0.3 is 24.7 Å². The van der Waals surface area contributed by atoms with Crippen LogP contribution in [0.4, 0.5) is 5.82 Å². The van der Waals surface area contributed by atoms with E-state index in [2.05, 4.69) is 0 Å². The van der Waals surface area contributed by atoms with Crippen LogP contribution in [0.2, 0.25) is 0 Å². The molecule has 0 amide bonds. The number of hydrogen-bond acceptors (Lipinski definition) is 8. The molecule has 1 aliphatic rings. The average Bonchev–Trinajstić information content (AvgIpc) is 3.46. The van der Waals surface area contributed by atoms with Crippen LogP contribution in [-0.2, 0) is 9.47 Å². The minimum Gasteiger partial charge on any atom is -0.497 e. The van der Waals surface area contributed by atoms with E-state index in [0.717, 1.165) is 12.8 Å². The molecule has 0 aliphatic carbocycles.